The number of carboxylic acid groups (broad SMARTS) is 1. The molecular formula is C15H16N2O3S. The van der Waals surface area contributed by atoms with E-state index in [1.165, 1.54) is 12.1 Å². The molecule has 1 heterocycles. The van der Waals surface area contributed by atoms with Crippen LogP contribution < -0.4 is 5.32 Å². The molecule has 110 valence electrons. The van der Waals surface area contributed by atoms with Crippen molar-refractivity contribution in [3.8, 4) is 0 Å². The summed E-state index contributed by atoms with van der Waals surface area (Å²) in [5, 5.41) is 13.6. The second-order valence-corrected chi connectivity index (χ2v) is 5.60. The fraction of sp³-hybridized carbons (Fsp3) is 0.200. The number of urea groups is 1. The minimum atomic E-state index is -1.02. The second kappa shape index (κ2) is 6.41. The van der Waals surface area contributed by atoms with Gasteiger partial charge in [0.25, 0.3) is 0 Å². The van der Waals surface area contributed by atoms with Crippen LogP contribution in [0, 0.1) is 0 Å². The fourth-order valence-corrected chi connectivity index (χ4v) is 2.66. The summed E-state index contributed by atoms with van der Waals surface area (Å²) in [6.45, 7) is 1.94. The zero-order chi connectivity index (χ0) is 15.4. The normalized spacial score (nSPS) is 11.7. The highest BCUT2D eigenvalue weighted by Gasteiger charge is 2.18. The Morgan fingerprint density at radius 2 is 2.05 bits per heavy atom. The molecule has 0 aliphatic rings. The number of hydrogen-bond acceptors (Lipinski definition) is 3. The smallest absolute Gasteiger partial charge is 0.335 e. The Labute approximate surface area is 126 Å². The molecule has 2 aromatic rings. The molecule has 6 heteroatoms. The van der Waals surface area contributed by atoms with E-state index in [0.29, 0.717) is 5.69 Å². The van der Waals surface area contributed by atoms with Gasteiger partial charge in [0.05, 0.1) is 11.6 Å². The zero-order valence-electron chi connectivity index (χ0n) is 11.7. The molecule has 2 rings (SSSR count). The highest BCUT2D eigenvalue weighted by Crippen LogP contribution is 2.24. The van der Waals surface area contributed by atoms with Crippen LogP contribution in [0.3, 0.4) is 0 Å². The molecule has 0 aliphatic heterocycles. The lowest BCUT2D eigenvalue weighted by molar-refractivity contribution is 0.0697. The highest BCUT2D eigenvalue weighted by atomic mass is 32.1. The molecule has 21 heavy (non-hydrogen) atoms. The van der Waals surface area contributed by atoms with Crippen LogP contribution in [0.25, 0.3) is 0 Å². The van der Waals surface area contributed by atoms with E-state index in [0.717, 1.165) is 4.88 Å². The van der Waals surface area contributed by atoms with Gasteiger partial charge in [-0.2, -0.15) is 0 Å². The molecule has 1 aromatic heterocycles. The Balaban J connectivity index is 2.07. The summed E-state index contributed by atoms with van der Waals surface area (Å²) in [6.07, 6.45) is 0. The van der Waals surface area contributed by atoms with E-state index in [1.807, 2.05) is 24.4 Å². The summed E-state index contributed by atoms with van der Waals surface area (Å²) >= 11 is 1.59. The maximum atomic E-state index is 12.2. The van der Waals surface area contributed by atoms with Gasteiger partial charge >= 0.3 is 12.0 Å². The van der Waals surface area contributed by atoms with Crippen molar-refractivity contribution in [2.24, 2.45) is 0 Å². The summed E-state index contributed by atoms with van der Waals surface area (Å²) in [6, 6.07) is 9.77. The van der Waals surface area contributed by atoms with Gasteiger partial charge < -0.3 is 15.3 Å². The number of nitrogens with one attached hydrogen (secondary N) is 1. The molecule has 0 saturated carbocycles. The van der Waals surface area contributed by atoms with Crippen molar-refractivity contribution >= 4 is 29.0 Å². The monoisotopic (exact) mass is 304 g/mol. The fourth-order valence-electron chi connectivity index (χ4n) is 1.84. The summed E-state index contributed by atoms with van der Waals surface area (Å²) in [5.41, 5.74) is 0.604. The lowest BCUT2D eigenvalue weighted by Crippen LogP contribution is -2.33. The minimum Gasteiger partial charge on any atom is -0.478 e. The number of nitrogens with zero attached hydrogens (tertiary/aromatic N) is 1. The highest BCUT2D eigenvalue weighted by molar-refractivity contribution is 7.10. The topological polar surface area (TPSA) is 69.6 Å². The number of benzene rings is 1. The second-order valence-electron chi connectivity index (χ2n) is 4.62. The predicted molar refractivity (Wildman–Crippen MR) is 82.9 cm³/mol. The SMILES string of the molecule is CC(c1cccs1)N(C)C(=O)Nc1cccc(C(=O)O)c1. The number of carbonyl (C=O) groups is 2. The molecule has 5 nitrogen and oxygen atoms in total. The van der Waals surface area contributed by atoms with Crippen LogP contribution in [-0.2, 0) is 0 Å². The predicted octanol–water partition coefficient (Wildman–Crippen LogP) is 3.67. The number of carbonyl (C=O) groups excluding carboxylic acids is 1. The maximum absolute atomic E-state index is 12.2. The van der Waals surface area contributed by atoms with Gasteiger partial charge in [0, 0.05) is 17.6 Å². The largest absolute Gasteiger partial charge is 0.478 e. The van der Waals surface area contributed by atoms with Crippen LogP contribution in [0.15, 0.2) is 41.8 Å². The molecular weight excluding hydrogens is 288 g/mol. The minimum absolute atomic E-state index is 0.0485. The van der Waals surface area contributed by atoms with Gasteiger partial charge in [0.15, 0.2) is 0 Å². The maximum Gasteiger partial charge on any atom is 0.335 e. The molecule has 0 saturated heterocycles. The van der Waals surface area contributed by atoms with Gasteiger partial charge in [-0.25, -0.2) is 9.59 Å². The van der Waals surface area contributed by atoms with Crippen LogP contribution in [0.4, 0.5) is 10.5 Å². The molecule has 0 radical (unpaired) electrons. The molecule has 1 aromatic carbocycles. The lowest BCUT2D eigenvalue weighted by Gasteiger charge is -2.24. The van der Waals surface area contributed by atoms with Gasteiger partial charge in [0.1, 0.15) is 0 Å². The molecule has 0 aliphatic carbocycles. The van der Waals surface area contributed by atoms with E-state index in [9.17, 15) is 9.59 Å². The number of thiophene rings is 1. The third-order valence-electron chi connectivity index (χ3n) is 3.22. The van der Waals surface area contributed by atoms with Crippen LogP contribution in [0.2, 0.25) is 0 Å². The van der Waals surface area contributed by atoms with Crippen molar-refractivity contribution in [3.63, 3.8) is 0 Å². The van der Waals surface area contributed by atoms with Crippen molar-refractivity contribution in [1.29, 1.82) is 0 Å². The quantitative estimate of drug-likeness (QED) is 0.905. The van der Waals surface area contributed by atoms with E-state index in [2.05, 4.69) is 5.32 Å². The number of anilines is 1. The Morgan fingerprint density at radius 1 is 1.29 bits per heavy atom. The van der Waals surface area contributed by atoms with Crippen LogP contribution in [0.1, 0.15) is 28.2 Å². The lowest BCUT2D eigenvalue weighted by atomic mass is 10.2. The summed E-state index contributed by atoms with van der Waals surface area (Å²) in [5.74, 6) is -1.02. The first kappa shape index (κ1) is 15.1. The molecule has 1 atom stereocenters. The molecule has 2 amide bonds. The number of carboxylic acids is 1. The number of aromatic carboxylic acids is 1. The van der Waals surface area contributed by atoms with Gasteiger partial charge in [-0.15, -0.1) is 11.3 Å². The number of amides is 2. The summed E-state index contributed by atoms with van der Waals surface area (Å²) in [7, 11) is 1.71. The van der Waals surface area contributed by atoms with Crippen molar-refractivity contribution in [1.82, 2.24) is 4.90 Å². The standard InChI is InChI=1S/C15H16N2O3S/c1-10(13-7-4-8-21-13)17(2)15(20)16-12-6-3-5-11(9-12)14(18)19/h3-10H,1-2H3,(H,16,20)(H,18,19). The average molecular weight is 304 g/mol. The first-order chi connectivity index (χ1) is 9.99. The van der Waals surface area contributed by atoms with E-state index in [4.69, 9.17) is 5.11 Å². The third kappa shape index (κ3) is 3.61. The van der Waals surface area contributed by atoms with E-state index >= 15 is 0 Å². The molecule has 0 spiro atoms. The molecule has 0 bridgehead atoms. The van der Waals surface area contributed by atoms with Crippen molar-refractivity contribution < 1.29 is 14.7 Å². The zero-order valence-corrected chi connectivity index (χ0v) is 12.6. The van der Waals surface area contributed by atoms with Gasteiger partial charge in [-0.3, -0.25) is 0 Å². The summed E-state index contributed by atoms with van der Waals surface area (Å²) < 4.78 is 0. The van der Waals surface area contributed by atoms with Crippen LogP contribution >= 0.6 is 11.3 Å². The molecule has 2 N–H and O–H groups in total. The van der Waals surface area contributed by atoms with Gasteiger partial charge in [-0.1, -0.05) is 12.1 Å². The summed E-state index contributed by atoms with van der Waals surface area (Å²) in [4.78, 5) is 25.8. The molecule has 0 fully saturated rings. The Morgan fingerprint density at radius 3 is 2.67 bits per heavy atom. The first-order valence-corrected chi connectivity index (χ1v) is 7.27. The number of rotatable bonds is 4. The average Bonchev–Trinajstić information content (AvgIpc) is 3.00. The van der Waals surface area contributed by atoms with E-state index < -0.39 is 5.97 Å². The van der Waals surface area contributed by atoms with Crippen LogP contribution in [-0.4, -0.2) is 29.1 Å². The van der Waals surface area contributed by atoms with E-state index in [1.54, 1.807) is 35.4 Å². The third-order valence-corrected chi connectivity index (χ3v) is 4.26. The van der Waals surface area contributed by atoms with Crippen molar-refractivity contribution in [3.05, 3.63) is 52.2 Å². The van der Waals surface area contributed by atoms with Crippen molar-refractivity contribution in [2.75, 3.05) is 12.4 Å². The van der Waals surface area contributed by atoms with Crippen LogP contribution in [0.5, 0.6) is 0 Å². The first-order valence-electron chi connectivity index (χ1n) is 6.39. The van der Waals surface area contributed by atoms with Gasteiger partial charge in [-0.05, 0) is 36.6 Å². The van der Waals surface area contributed by atoms with E-state index in [-0.39, 0.29) is 17.6 Å². The molecule has 1 unspecified atom stereocenters. The number of hydrogen-bond donors (Lipinski definition) is 2. The Bertz CT molecular complexity index is 640. The Hall–Kier alpha value is -2.34. The Kier molecular flexibility index (Phi) is 4.59. The van der Waals surface area contributed by atoms with Crippen molar-refractivity contribution in [2.45, 2.75) is 13.0 Å². The van der Waals surface area contributed by atoms with Gasteiger partial charge in [0.2, 0.25) is 0 Å².